The van der Waals surface area contributed by atoms with Crippen LogP contribution >= 0.6 is 11.3 Å². The number of nitrogens with zero attached hydrogens (tertiary/aromatic N) is 1. The first-order valence-corrected chi connectivity index (χ1v) is 10.7. The van der Waals surface area contributed by atoms with Crippen molar-refractivity contribution in [3.63, 3.8) is 0 Å². The first kappa shape index (κ1) is 21.0. The van der Waals surface area contributed by atoms with Crippen molar-refractivity contribution >= 4 is 34.8 Å². The zero-order chi connectivity index (χ0) is 21.0. The Morgan fingerprint density at radius 1 is 1.14 bits per heavy atom. The van der Waals surface area contributed by atoms with Gasteiger partial charge in [-0.1, -0.05) is 32.0 Å². The molecule has 1 aliphatic rings. The van der Waals surface area contributed by atoms with Gasteiger partial charge in [-0.3, -0.25) is 9.59 Å². The van der Waals surface area contributed by atoms with E-state index in [0.29, 0.717) is 29.4 Å². The Balaban J connectivity index is 1.57. The van der Waals surface area contributed by atoms with Gasteiger partial charge in [-0.2, -0.15) is 0 Å². The first-order valence-electron chi connectivity index (χ1n) is 9.82. The molecule has 0 spiro atoms. The maximum absolute atomic E-state index is 12.6. The lowest BCUT2D eigenvalue weighted by atomic mass is 10.0. The van der Waals surface area contributed by atoms with Crippen molar-refractivity contribution in [1.82, 2.24) is 4.90 Å². The third-order valence-corrected chi connectivity index (χ3v) is 5.88. The molecular formula is C22H26N2O4S. The summed E-state index contributed by atoms with van der Waals surface area (Å²) < 4.78 is 5.39. The summed E-state index contributed by atoms with van der Waals surface area (Å²) in [4.78, 5) is 39.8. The summed E-state index contributed by atoms with van der Waals surface area (Å²) in [6, 6.07) is 10.5. The summed E-state index contributed by atoms with van der Waals surface area (Å²) in [5, 5.41) is 4.60. The molecule has 0 bridgehead atoms. The number of carbonyl (C=O) groups is 3. The van der Waals surface area contributed by atoms with Crippen molar-refractivity contribution < 1.29 is 19.1 Å². The van der Waals surface area contributed by atoms with E-state index in [9.17, 15) is 14.4 Å². The Morgan fingerprint density at radius 3 is 2.48 bits per heavy atom. The quantitative estimate of drug-likeness (QED) is 0.724. The smallest absolute Gasteiger partial charge is 0.329 e. The number of hydrogen-bond acceptors (Lipinski definition) is 5. The lowest BCUT2D eigenvalue weighted by Crippen LogP contribution is -2.43. The molecule has 1 aliphatic heterocycles. The Hall–Kier alpha value is -2.67. The molecule has 1 aromatic carbocycles. The largest absolute Gasteiger partial charge is 0.451 e. The van der Waals surface area contributed by atoms with Crippen LogP contribution in [0.3, 0.4) is 0 Å². The number of carbonyl (C=O) groups excluding carboxylic acids is 3. The van der Waals surface area contributed by atoms with Crippen LogP contribution < -0.4 is 5.32 Å². The molecule has 1 N–H and O–H groups in total. The van der Waals surface area contributed by atoms with Crippen LogP contribution in [0.1, 0.15) is 54.8 Å². The van der Waals surface area contributed by atoms with E-state index in [2.05, 4.69) is 19.2 Å². The normalized spacial score (nSPS) is 17.2. The van der Waals surface area contributed by atoms with Gasteiger partial charge < -0.3 is 15.0 Å². The van der Waals surface area contributed by atoms with E-state index in [0.717, 1.165) is 6.42 Å². The molecule has 2 atom stereocenters. The number of amides is 2. The standard InChI is InChI=1S/C22H26N2O4S/c1-14(2)16-8-10-17(11-9-16)23-20(25)15(3)28-22(27)18-6-4-12-24(18)21(26)19-7-5-13-29-19/h5,7-11,13-15,18H,4,6,12H2,1-3H3,(H,23,25)/t15-,18+/m1/s1. The second-order valence-electron chi connectivity index (χ2n) is 7.48. The predicted octanol–water partition coefficient (Wildman–Crippen LogP) is 4.05. The topological polar surface area (TPSA) is 75.7 Å². The summed E-state index contributed by atoms with van der Waals surface area (Å²) in [6.45, 7) is 6.25. The van der Waals surface area contributed by atoms with E-state index in [4.69, 9.17) is 4.74 Å². The molecule has 2 aromatic rings. The fourth-order valence-corrected chi connectivity index (χ4v) is 3.98. The van der Waals surface area contributed by atoms with E-state index < -0.39 is 24.0 Å². The number of esters is 1. The molecule has 154 valence electrons. The van der Waals surface area contributed by atoms with E-state index in [-0.39, 0.29) is 5.91 Å². The minimum atomic E-state index is -0.952. The van der Waals surface area contributed by atoms with Crippen LogP contribution in [0.4, 0.5) is 5.69 Å². The summed E-state index contributed by atoms with van der Waals surface area (Å²) >= 11 is 1.35. The van der Waals surface area contributed by atoms with Crippen LogP contribution in [0.15, 0.2) is 41.8 Å². The highest BCUT2D eigenvalue weighted by Gasteiger charge is 2.37. The molecule has 0 unspecified atom stereocenters. The first-order chi connectivity index (χ1) is 13.9. The molecule has 0 radical (unpaired) electrons. The number of likely N-dealkylation sites (tertiary alicyclic amines) is 1. The number of rotatable bonds is 6. The van der Waals surface area contributed by atoms with Gasteiger partial charge >= 0.3 is 5.97 Å². The number of nitrogens with one attached hydrogen (secondary N) is 1. The highest BCUT2D eigenvalue weighted by Crippen LogP contribution is 2.24. The van der Waals surface area contributed by atoms with Crippen molar-refractivity contribution in [1.29, 1.82) is 0 Å². The lowest BCUT2D eigenvalue weighted by Gasteiger charge is -2.24. The molecule has 2 amide bonds. The van der Waals surface area contributed by atoms with Crippen LogP contribution in [-0.2, 0) is 14.3 Å². The van der Waals surface area contributed by atoms with Crippen LogP contribution in [0.5, 0.6) is 0 Å². The van der Waals surface area contributed by atoms with Gasteiger partial charge in [0.05, 0.1) is 4.88 Å². The molecule has 0 aliphatic carbocycles. The van der Waals surface area contributed by atoms with Gasteiger partial charge in [-0.25, -0.2) is 4.79 Å². The molecule has 2 heterocycles. The van der Waals surface area contributed by atoms with Gasteiger partial charge in [0.1, 0.15) is 6.04 Å². The van der Waals surface area contributed by atoms with Gasteiger partial charge in [-0.05, 0) is 54.8 Å². The Bertz CT molecular complexity index is 861. The van der Waals surface area contributed by atoms with E-state index >= 15 is 0 Å². The number of thiophene rings is 1. The highest BCUT2D eigenvalue weighted by molar-refractivity contribution is 7.12. The van der Waals surface area contributed by atoms with Crippen LogP contribution in [-0.4, -0.2) is 41.4 Å². The second-order valence-corrected chi connectivity index (χ2v) is 8.43. The molecule has 6 nitrogen and oxygen atoms in total. The minimum absolute atomic E-state index is 0.165. The fourth-order valence-electron chi connectivity index (χ4n) is 3.30. The molecule has 3 rings (SSSR count). The summed E-state index contributed by atoms with van der Waals surface area (Å²) in [7, 11) is 0. The zero-order valence-corrected chi connectivity index (χ0v) is 17.7. The SMILES string of the molecule is CC(C)c1ccc(NC(=O)[C@@H](C)OC(=O)[C@@H]2CCCN2C(=O)c2cccs2)cc1. The minimum Gasteiger partial charge on any atom is -0.451 e. The third kappa shape index (κ3) is 5.03. The zero-order valence-electron chi connectivity index (χ0n) is 16.9. The van der Waals surface area contributed by atoms with Crippen molar-refractivity contribution in [2.75, 3.05) is 11.9 Å². The molecular weight excluding hydrogens is 388 g/mol. The van der Waals surface area contributed by atoms with Gasteiger partial charge in [-0.15, -0.1) is 11.3 Å². The summed E-state index contributed by atoms with van der Waals surface area (Å²) in [5.41, 5.74) is 1.83. The Morgan fingerprint density at radius 2 is 1.86 bits per heavy atom. The molecule has 1 fully saturated rings. The van der Waals surface area contributed by atoms with E-state index in [1.54, 1.807) is 17.0 Å². The van der Waals surface area contributed by atoms with Gasteiger partial charge in [0.25, 0.3) is 11.8 Å². The number of benzene rings is 1. The van der Waals surface area contributed by atoms with Crippen molar-refractivity contribution in [2.45, 2.75) is 51.7 Å². The molecule has 1 aromatic heterocycles. The van der Waals surface area contributed by atoms with Crippen LogP contribution in [0.25, 0.3) is 0 Å². The lowest BCUT2D eigenvalue weighted by molar-refractivity contribution is -0.156. The van der Waals surface area contributed by atoms with E-state index in [1.807, 2.05) is 29.6 Å². The molecule has 7 heteroatoms. The van der Waals surface area contributed by atoms with Crippen molar-refractivity contribution in [3.8, 4) is 0 Å². The average molecular weight is 415 g/mol. The Kier molecular flexibility index (Phi) is 6.69. The number of hydrogen-bond donors (Lipinski definition) is 1. The third-order valence-electron chi connectivity index (χ3n) is 5.02. The number of anilines is 1. The monoisotopic (exact) mass is 414 g/mol. The maximum atomic E-state index is 12.6. The van der Waals surface area contributed by atoms with Crippen molar-refractivity contribution in [3.05, 3.63) is 52.2 Å². The predicted molar refractivity (Wildman–Crippen MR) is 113 cm³/mol. The van der Waals surface area contributed by atoms with Crippen molar-refractivity contribution in [2.24, 2.45) is 0 Å². The second kappa shape index (κ2) is 9.22. The molecule has 29 heavy (non-hydrogen) atoms. The van der Waals surface area contributed by atoms with Gasteiger partial charge in [0.2, 0.25) is 0 Å². The molecule has 1 saturated heterocycles. The molecule has 0 saturated carbocycles. The number of ether oxygens (including phenoxy) is 1. The fraction of sp³-hybridized carbons (Fsp3) is 0.409. The van der Waals surface area contributed by atoms with Crippen LogP contribution in [0.2, 0.25) is 0 Å². The summed E-state index contributed by atoms with van der Waals surface area (Å²) in [5.74, 6) is -0.692. The van der Waals surface area contributed by atoms with E-state index in [1.165, 1.54) is 23.8 Å². The summed E-state index contributed by atoms with van der Waals surface area (Å²) in [6.07, 6.45) is 0.326. The Labute approximate surface area is 174 Å². The van der Waals surface area contributed by atoms with Crippen LogP contribution in [0, 0.1) is 0 Å². The van der Waals surface area contributed by atoms with Gasteiger partial charge in [0.15, 0.2) is 6.10 Å². The highest BCUT2D eigenvalue weighted by atomic mass is 32.1. The maximum Gasteiger partial charge on any atom is 0.329 e. The van der Waals surface area contributed by atoms with Gasteiger partial charge in [0, 0.05) is 12.2 Å². The average Bonchev–Trinajstić information content (AvgIpc) is 3.39.